The molecule has 86 valence electrons. The summed E-state index contributed by atoms with van der Waals surface area (Å²) in [6.07, 6.45) is 1.16. The lowest BCUT2D eigenvalue weighted by Crippen LogP contribution is -2.21. The molecule has 0 saturated carbocycles. The van der Waals surface area contributed by atoms with E-state index in [9.17, 15) is 8.42 Å². The molecule has 0 aliphatic carbocycles. The van der Waals surface area contributed by atoms with Gasteiger partial charge in [-0.25, -0.2) is 13.1 Å². The predicted octanol–water partition coefficient (Wildman–Crippen LogP) is 2.07. The third-order valence-electron chi connectivity index (χ3n) is 1.62. The number of rotatable bonds is 3. The van der Waals surface area contributed by atoms with E-state index in [1.807, 2.05) is 45.0 Å². The Morgan fingerprint density at radius 3 is 2.33 bits per heavy atom. The number of benzene rings is 1. The van der Waals surface area contributed by atoms with Crippen LogP contribution < -0.4 is 4.72 Å². The Bertz CT molecular complexity index is 385. The fourth-order valence-electron chi connectivity index (χ4n) is 1.04. The Balaban J connectivity index is 0.000000921. The van der Waals surface area contributed by atoms with Gasteiger partial charge in [0.15, 0.2) is 0 Å². The Morgan fingerprint density at radius 1 is 1.27 bits per heavy atom. The van der Waals surface area contributed by atoms with Crippen LogP contribution in [0.1, 0.15) is 25.0 Å². The number of sulfonamides is 1. The second-order valence-electron chi connectivity index (χ2n) is 3.08. The van der Waals surface area contributed by atoms with Crippen molar-refractivity contribution in [3.63, 3.8) is 0 Å². The van der Waals surface area contributed by atoms with Gasteiger partial charge < -0.3 is 0 Å². The quantitative estimate of drug-likeness (QED) is 0.862. The molecule has 0 aliphatic heterocycles. The molecule has 0 unspecified atom stereocenters. The summed E-state index contributed by atoms with van der Waals surface area (Å²) in [6, 6.07) is 7.74. The van der Waals surface area contributed by atoms with Gasteiger partial charge in [-0.15, -0.1) is 0 Å². The minimum Gasteiger partial charge on any atom is -0.213 e. The van der Waals surface area contributed by atoms with E-state index in [0.29, 0.717) is 6.54 Å². The minimum atomic E-state index is -3.09. The summed E-state index contributed by atoms with van der Waals surface area (Å²) in [6.45, 7) is 6.34. The largest absolute Gasteiger partial charge is 0.213 e. The smallest absolute Gasteiger partial charge is 0.209 e. The number of nitrogens with one attached hydrogen (secondary N) is 1. The first-order valence-electron chi connectivity index (χ1n) is 4.97. The third-order valence-corrected chi connectivity index (χ3v) is 2.29. The molecule has 1 aromatic carbocycles. The van der Waals surface area contributed by atoms with Gasteiger partial charge in [-0.1, -0.05) is 43.7 Å². The van der Waals surface area contributed by atoms with E-state index in [0.717, 1.165) is 17.4 Å². The molecule has 0 amide bonds. The van der Waals surface area contributed by atoms with Crippen LogP contribution in [-0.2, 0) is 16.6 Å². The average Bonchev–Trinajstić information content (AvgIpc) is 2.17. The van der Waals surface area contributed by atoms with Gasteiger partial charge in [-0.2, -0.15) is 0 Å². The Labute approximate surface area is 92.6 Å². The number of aryl methyl sites for hydroxylation is 1. The summed E-state index contributed by atoms with van der Waals surface area (Å²) in [5.41, 5.74) is 2.11. The summed E-state index contributed by atoms with van der Waals surface area (Å²) >= 11 is 0. The highest BCUT2D eigenvalue weighted by molar-refractivity contribution is 7.88. The SMILES string of the molecule is CC.Cc1cccc(CNS(C)(=O)=O)c1. The number of hydrogen-bond acceptors (Lipinski definition) is 2. The molecule has 0 bridgehead atoms. The molecule has 1 N–H and O–H groups in total. The molecule has 1 aromatic rings. The maximum Gasteiger partial charge on any atom is 0.209 e. The first-order valence-corrected chi connectivity index (χ1v) is 6.87. The van der Waals surface area contributed by atoms with Crippen molar-refractivity contribution in [2.45, 2.75) is 27.3 Å². The van der Waals surface area contributed by atoms with Crippen LogP contribution in [0.15, 0.2) is 24.3 Å². The highest BCUT2D eigenvalue weighted by Gasteiger charge is 2.00. The van der Waals surface area contributed by atoms with Crippen molar-refractivity contribution < 1.29 is 8.42 Å². The first kappa shape index (κ1) is 14.1. The standard InChI is InChI=1S/C9H13NO2S.C2H6/c1-8-4-3-5-9(6-8)7-10-13(2,11)12;1-2/h3-6,10H,7H2,1-2H3;1-2H3. The molecule has 0 saturated heterocycles. The summed E-state index contributed by atoms with van der Waals surface area (Å²) in [5, 5.41) is 0. The van der Waals surface area contributed by atoms with Gasteiger partial charge in [0.1, 0.15) is 0 Å². The lowest BCUT2D eigenvalue weighted by atomic mass is 10.1. The fourth-order valence-corrected chi connectivity index (χ4v) is 1.47. The maximum absolute atomic E-state index is 10.8. The van der Waals surface area contributed by atoms with E-state index < -0.39 is 10.0 Å². The van der Waals surface area contributed by atoms with E-state index >= 15 is 0 Å². The second kappa shape index (κ2) is 6.58. The summed E-state index contributed by atoms with van der Waals surface area (Å²) < 4.78 is 24.0. The summed E-state index contributed by atoms with van der Waals surface area (Å²) in [5.74, 6) is 0. The summed E-state index contributed by atoms with van der Waals surface area (Å²) in [4.78, 5) is 0. The molecular formula is C11H19NO2S. The molecule has 0 radical (unpaired) electrons. The van der Waals surface area contributed by atoms with Crippen molar-refractivity contribution in [1.29, 1.82) is 0 Å². The van der Waals surface area contributed by atoms with Crippen molar-refractivity contribution in [2.24, 2.45) is 0 Å². The molecule has 1 rings (SSSR count). The van der Waals surface area contributed by atoms with Crippen LogP contribution in [0.5, 0.6) is 0 Å². The van der Waals surface area contributed by atoms with Crippen molar-refractivity contribution in [1.82, 2.24) is 4.72 Å². The number of hydrogen-bond donors (Lipinski definition) is 1. The van der Waals surface area contributed by atoms with E-state index in [1.54, 1.807) is 0 Å². The van der Waals surface area contributed by atoms with Gasteiger partial charge in [0.25, 0.3) is 0 Å². The highest BCUT2D eigenvalue weighted by Crippen LogP contribution is 2.03. The zero-order valence-electron chi connectivity index (χ0n) is 9.74. The van der Waals surface area contributed by atoms with Crippen LogP contribution in [0.4, 0.5) is 0 Å². The van der Waals surface area contributed by atoms with E-state index in [2.05, 4.69) is 4.72 Å². The van der Waals surface area contributed by atoms with Gasteiger partial charge in [-0.05, 0) is 12.5 Å². The fraction of sp³-hybridized carbons (Fsp3) is 0.455. The zero-order chi connectivity index (χ0) is 11.9. The highest BCUT2D eigenvalue weighted by atomic mass is 32.2. The van der Waals surface area contributed by atoms with Crippen molar-refractivity contribution in [3.05, 3.63) is 35.4 Å². The van der Waals surface area contributed by atoms with Crippen molar-refractivity contribution >= 4 is 10.0 Å². The van der Waals surface area contributed by atoms with Crippen molar-refractivity contribution in [3.8, 4) is 0 Å². The topological polar surface area (TPSA) is 46.2 Å². The monoisotopic (exact) mass is 229 g/mol. The molecule has 0 heterocycles. The van der Waals surface area contributed by atoms with Gasteiger partial charge in [-0.3, -0.25) is 0 Å². The van der Waals surface area contributed by atoms with Gasteiger partial charge in [0.2, 0.25) is 10.0 Å². The van der Waals surface area contributed by atoms with Crippen molar-refractivity contribution in [2.75, 3.05) is 6.26 Å². The molecule has 0 fully saturated rings. The Morgan fingerprint density at radius 2 is 1.87 bits per heavy atom. The molecule has 0 aromatic heterocycles. The lowest BCUT2D eigenvalue weighted by molar-refractivity contribution is 0.587. The molecule has 0 spiro atoms. The average molecular weight is 229 g/mol. The normalized spacial score (nSPS) is 10.4. The van der Waals surface area contributed by atoms with Crippen LogP contribution in [0.25, 0.3) is 0 Å². The molecular weight excluding hydrogens is 210 g/mol. The van der Waals surface area contributed by atoms with E-state index in [1.165, 1.54) is 0 Å². The molecule has 0 aliphatic rings. The predicted molar refractivity (Wildman–Crippen MR) is 64.2 cm³/mol. The molecule has 0 atom stereocenters. The van der Waals surface area contributed by atoms with E-state index in [4.69, 9.17) is 0 Å². The Kier molecular flexibility index (Phi) is 6.20. The minimum absolute atomic E-state index is 0.362. The second-order valence-corrected chi connectivity index (χ2v) is 4.92. The van der Waals surface area contributed by atoms with Crippen LogP contribution in [0, 0.1) is 6.92 Å². The first-order chi connectivity index (χ1) is 6.97. The van der Waals surface area contributed by atoms with Gasteiger partial charge >= 0.3 is 0 Å². The van der Waals surface area contributed by atoms with Crippen LogP contribution in [-0.4, -0.2) is 14.7 Å². The zero-order valence-corrected chi connectivity index (χ0v) is 10.6. The maximum atomic E-state index is 10.8. The van der Waals surface area contributed by atoms with Crippen LogP contribution in [0.2, 0.25) is 0 Å². The molecule has 3 nitrogen and oxygen atoms in total. The lowest BCUT2D eigenvalue weighted by Gasteiger charge is -2.02. The molecule has 4 heteroatoms. The van der Waals surface area contributed by atoms with Crippen LogP contribution >= 0.6 is 0 Å². The van der Waals surface area contributed by atoms with Gasteiger partial charge in [0.05, 0.1) is 6.26 Å². The third kappa shape index (κ3) is 7.11. The Hall–Kier alpha value is -0.870. The van der Waals surface area contributed by atoms with Gasteiger partial charge in [0, 0.05) is 6.54 Å². The summed E-state index contributed by atoms with van der Waals surface area (Å²) in [7, 11) is -3.09. The van der Waals surface area contributed by atoms with Crippen LogP contribution in [0.3, 0.4) is 0 Å². The molecule has 15 heavy (non-hydrogen) atoms. The van der Waals surface area contributed by atoms with E-state index in [-0.39, 0.29) is 0 Å².